The van der Waals surface area contributed by atoms with Crippen LogP contribution in [0.5, 0.6) is 0 Å². The van der Waals surface area contributed by atoms with E-state index in [1.807, 2.05) is 25.1 Å². The average Bonchev–Trinajstić information content (AvgIpc) is 2.44. The van der Waals surface area contributed by atoms with Crippen LogP contribution < -0.4 is 10.0 Å². The van der Waals surface area contributed by atoms with Gasteiger partial charge >= 0.3 is 0 Å². The van der Waals surface area contributed by atoms with Crippen LogP contribution in [0, 0.1) is 0 Å². The zero-order chi connectivity index (χ0) is 14.4. The van der Waals surface area contributed by atoms with E-state index < -0.39 is 10.0 Å². The van der Waals surface area contributed by atoms with Crippen molar-refractivity contribution < 1.29 is 8.42 Å². The first kappa shape index (κ1) is 14.7. The van der Waals surface area contributed by atoms with Gasteiger partial charge in [0.1, 0.15) is 0 Å². The van der Waals surface area contributed by atoms with Crippen LogP contribution in [0.1, 0.15) is 13.3 Å². The van der Waals surface area contributed by atoms with E-state index in [0.717, 1.165) is 17.3 Å². The Bertz CT molecular complexity index is 666. The summed E-state index contributed by atoms with van der Waals surface area (Å²) in [5.41, 5.74) is 0.605. The van der Waals surface area contributed by atoms with Crippen LogP contribution in [0.4, 0.5) is 5.69 Å². The minimum atomic E-state index is -3.32. The molecular weight excluding hydrogens is 274 g/mol. The molecule has 0 fully saturated rings. The number of rotatable bonds is 7. The van der Waals surface area contributed by atoms with Crippen molar-refractivity contribution in [1.82, 2.24) is 10.3 Å². The quantitative estimate of drug-likeness (QED) is 0.766. The molecule has 2 aromatic rings. The first-order valence-electron chi connectivity index (χ1n) is 6.66. The van der Waals surface area contributed by atoms with Gasteiger partial charge in [-0.1, -0.05) is 19.1 Å². The molecule has 2 rings (SSSR count). The third-order valence-electron chi connectivity index (χ3n) is 2.96. The molecule has 0 unspecified atom stereocenters. The van der Waals surface area contributed by atoms with E-state index in [1.54, 1.807) is 18.5 Å². The molecule has 0 saturated carbocycles. The van der Waals surface area contributed by atoms with Gasteiger partial charge in [0.2, 0.25) is 10.0 Å². The lowest BCUT2D eigenvalue weighted by atomic mass is 10.1. The topological polar surface area (TPSA) is 71.1 Å². The number of hydrogen-bond donors (Lipinski definition) is 2. The summed E-state index contributed by atoms with van der Waals surface area (Å²) in [7, 11) is -3.32. The lowest BCUT2D eigenvalue weighted by Gasteiger charge is -2.10. The van der Waals surface area contributed by atoms with Gasteiger partial charge in [-0.05, 0) is 31.6 Å². The Labute approximate surface area is 119 Å². The average molecular weight is 293 g/mol. The van der Waals surface area contributed by atoms with Crippen molar-refractivity contribution in [3.8, 4) is 0 Å². The van der Waals surface area contributed by atoms with Crippen LogP contribution in [-0.2, 0) is 10.0 Å². The number of fused-ring (bicyclic) bond motifs is 1. The lowest BCUT2D eigenvalue weighted by Crippen LogP contribution is -2.21. The third kappa shape index (κ3) is 3.91. The zero-order valence-electron chi connectivity index (χ0n) is 11.5. The number of hydrogen-bond acceptors (Lipinski definition) is 4. The minimum Gasteiger partial charge on any atom is -0.317 e. The first-order chi connectivity index (χ1) is 9.62. The molecule has 5 nitrogen and oxygen atoms in total. The molecule has 1 heterocycles. The predicted molar refractivity (Wildman–Crippen MR) is 82.3 cm³/mol. The van der Waals surface area contributed by atoms with Crippen LogP contribution >= 0.6 is 0 Å². The van der Waals surface area contributed by atoms with Gasteiger partial charge in [0.05, 0.1) is 11.4 Å². The predicted octanol–water partition coefficient (Wildman–Crippen LogP) is 1.98. The van der Waals surface area contributed by atoms with Crippen LogP contribution in [-0.4, -0.2) is 32.2 Å². The molecule has 0 aliphatic carbocycles. The largest absolute Gasteiger partial charge is 0.317 e. The SMILES string of the molecule is CCNCCCS(=O)(=O)Nc1cccc2cnccc12. The summed E-state index contributed by atoms with van der Waals surface area (Å²) >= 11 is 0. The minimum absolute atomic E-state index is 0.113. The molecule has 0 aliphatic rings. The number of sulfonamides is 1. The molecule has 0 amide bonds. The van der Waals surface area contributed by atoms with Crippen LogP contribution in [0.25, 0.3) is 10.8 Å². The Morgan fingerprint density at radius 3 is 2.90 bits per heavy atom. The van der Waals surface area contributed by atoms with Gasteiger partial charge in [-0.3, -0.25) is 9.71 Å². The molecule has 0 bridgehead atoms. The molecule has 0 radical (unpaired) electrons. The maximum Gasteiger partial charge on any atom is 0.232 e. The normalized spacial score (nSPS) is 11.7. The highest BCUT2D eigenvalue weighted by Gasteiger charge is 2.11. The van der Waals surface area contributed by atoms with Gasteiger partial charge in [0.25, 0.3) is 0 Å². The second-order valence-corrected chi connectivity index (χ2v) is 6.37. The van der Waals surface area contributed by atoms with Crippen LogP contribution in [0.15, 0.2) is 36.7 Å². The highest BCUT2D eigenvalue weighted by atomic mass is 32.2. The summed E-state index contributed by atoms with van der Waals surface area (Å²) in [5.74, 6) is 0.113. The summed E-state index contributed by atoms with van der Waals surface area (Å²) in [6, 6.07) is 7.31. The molecule has 0 saturated heterocycles. The van der Waals surface area contributed by atoms with Crippen molar-refractivity contribution in [2.75, 3.05) is 23.6 Å². The molecule has 1 aromatic heterocycles. The maximum absolute atomic E-state index is 12.1. The van der Waals surface area contributed by atoms with Gasteiger partial charge in [-0.2, -0.15) is 0 Å². The van der Waals surface area contributed by atoms with Crippen molar-refractivity contribution in [2.24, 2.45) is 0 Å². The summed E-state index contributed by atoms with van der Waals surface area (Å²) in [6.07, 6.45) is 3.97. The molecule has 0 atom stereocenters. The van der Waals surface area contributed by atoms with Gasteiger partial charge < -0.3 is 5.32 Å². The molecule has 0 aliphatic heterocycles. The Morgan fingerprint density at radius 1 is 1.25 bits per heavy atom. The van der Waals surface area contributed by atoms with Crippen molar-refractivity contribution in [1.29, 1.82) is 0 Å². The van der Waals surface area contributed by atoms with Gasteiger partial charge in [-0.25, -0.2) is 8.42 Å². The van der Waals surface area contributed by atoms with Gasteiger partial charge in [0.15, 0.2) is 0 Å². The Morgan fingerprint density at radius 2 is 2.10 bits per heavy atom. The number of nitrogens with one attached hydrogen (secondary N) is 2. The van der Waals surface area contributed by atoms with Crippen molar-refractivity contribution in [3.05, 3.63) is 36.7 Å². The number of benzene rings is 1. The summed E-state index contributed by atoms with van der Waals surface area (Å²) in [4.78, 5) is 4.04. The fraction of sp³-hybridized carbons (Fsp3) is 0.357. The Hall–Kier alpha value is -1.66. The molecule has 0 spiro atoms. The molecule has 6 heteroatoms. The molecule has 20 heavy (non-hydrogen) atoms. The van der Waals surface area contributed by atoms with E-state index in [2.05, 4.69) is 15.0 Å². The first-order valence-corrected chi connectivity index (χ1v) is 8.31. The zero-order valence-corrected chi connectivity index (χ0v) is 12.3. The second kappa shape index (κ2) is 6.67. The monoisotopic (exact) mass is 293 g/mol. The number of anilines is 1. The fourth-order valence-corrected chi connectivity index (χ4v) is 3.13. The number of aromatic nitrogens is 1. The summed E-state index contributed by atoms with van der Waals surface area (Å²) in [6.45, 7) is 3.55. The van der Waals surface area contributed by atoms with E-state index >= 15 is 0 Å². The highest BCUT2D eigenvalue weighted by molar-refractivity contribution is 7.92. The van der Waals surface area contributed by atoms with E-state index in [4.69, 9.17) is 0 Å². The number of nitrogens with zero attached hydrogens (tertiary/aromatic N) is 1. The van der Waals surface area contributed by atoms with E-state index in [9.17, 15) is 8.42 Å². The van der Waals surface area contributed by atoms with Crippen LogP contribution in [0.3, 0.4) is 0 Å². The van der Waals surface area contributed by atoms with E-state index in [-0.39, 0.29) is 5.75 Å². The van der Waals surface area contributed by atoms with Crippen molar-refractivity contribution >= 4 is 26.5 Å². The lowest BCUT2D eigenvalue weighted by molar-refractivity contribution is 0.595. The molecule has 2 N–H and O–H groups in total. The summed E-state index contributed by atoms with van der Waals surface area (Å²) in [5, 5.41) is 4.89. The van der Waals surface area contributed by atoms with Gasteiger partial charge in [-0.15, -0.1) is 0 Å². The van der Waals surface area contributed by atoms with E-state index in [1.165, 1.54) is 0 Å². The maximum atomic E-state index is 12.1. The highest BCUT2D eigenvalue weighted by Crippen LogP contribution is 2.23. The van der Waals surface area contributed by atoms with Gasteiger partial charge in [0, 0.05) is 23.2 Å². The van der Waals surface area contributed by atoms with Crippen molar-refractivity contribution in [3.63, 3.8) is 0 Å². The number of pyridine rings is 1. The standard InChI is InChI=1S/C14H19N3O2S/c1-2-15-8-4-10-20(18,19)17-14-6-3-5-12-11-16-9-7-13(12)14/h3,5-7,9,11,15,17H,2,4,8,10H2,1H3. The smallest absolute Gasteiger partial charge is 0.232 e. The molecular formula is C14H19N3O2S. The van der Waals surface area contributed by atoms with Crippen molar-refractivity contribution in [2.45, 2.75) is 13.3 Å². The van der Waals surface area contributed by atoms with E-state index in [0.29, 0.717) is 18.7 Å². The van der Waals surface area contributed by atoms with Crippen LogP contribution in [0.2, 0.25) is 0 Å². The molecule has 108 valence electrons. The Balaban J connectivity index is 2.11. The fourth-order valence-electron chi connectivity index (χ4n) is 1.99. The Kier molecular flexibility index (Phi) is 4.92. The summed E-state index contributed by atoms with van der Waals surface area (Å²) < 4.78 is 26.8. The second-order valence-electron chi connectivity index (χ2n) is 4.53. The molecule has 1 aromatic carbocycles. The third-order valence-corrected chi connectivity index (χ3v) is 4.32.